The molecule has 8 nitrogen and oxygen atoms in total. The normalized spacial score (nSPS) is 12.8. The fourth-order valence-corrected chi connectivity index (χ4v) is 18.8. The van der Waals surface area contributed by atoms with Gasteiger partial charge in [-0.25, -0.2) is 9.97 Å². The van der Waals surface area contributed by atoms with Gasteiger partial charge in [0.2, 0.25) is 0 Å². The van der Waals surface area contributed by atoms with Crippen LogP contribution < -0.4 is 0 Å². The van der Waals surface area contributed by atoms with Crippen molar-refractivity contribution in [2.24, 2.45) is 0 Å². The van der Waals surface area contributed by atoms with Gasteiger partial charge in [0.1, 0.15) is 11.0 Å². The van der Waals surface area contributed by atoms with E-state index in [-0.39, 0.29) is 0 Å². The average molecular weight is 1270 g/mol. The molecule has 0 spiro atoms. The number of hydrogen-bond acceptors (Lipinski definition) is 2. The summed E-state index contributed by atoms with van der Waals surface area (Å²) in [5.41, 5.74) is 24.0. The van der Waals surface area contributed by atoms with Crippen LogP contribution in [0.1, 0.15) is 0 Å². The van der Waals surface area contributed by atoms with E-state index in [9.17, 15) is 0 Å². The lowest BCUT2D eigenvalue weighted by Gasteiger charge is -2.14. The summed E-state index contributed by atoms with van der Waals surface area (Å²) in [5, 5.41) is 23.3. The molecule has 0 N–H and O–H groups in total. The molecule has 25 aromatic rings. The highest BCUT2D eigenvalue weighted by atomic mass is 15.0. The largest absolute Gasteiger partial charge is 0.309 e. The maximum Gasteiger partial charge on any atom is 0.100 e. The second kappa shape index (κ2) is 18.3. The molecule has 8 heteroatoms. The molecule has 0 aliphatic rings. The van der Waals surface area contributed by atoms with Crippen LogP contribution >= 0.6 is 0 Å². The van der Waals surface area contributed by atoms with Crippen LogP contribution in [0.4, 0.5) is 0 Å². The molecule has 25 rings (SSSR count). The zero-order valence-corrected chi connectivity index (χ0v) is 53.4. The first-order chi connectivity index (χ1) is 49.7. The lowest BCUT2D eigenvalue weighted by atomic mass is 9.98. The van der Waals surface area contributed by atoms with Crippen LogP contribution in [0.2, 0.25) is 0 Å². The molecule has 458 valence electrons. The van der Waals surface area contributed by atoms with Crippen molar-refractivity contribution in [3.63, 3.8) is 0 Å². The number of aromatic nitrogens is 8. The summed E-state index contributed by atoms with van der Waals surface area (Å²) in [6.45, 7) is 0. The van der Waals surface area contributed by atoms with Gasteiger partial charge in [-0.1, -0.05) is 194 Å². The number of para-hydroxylation sites is 8. The first-order valence-corrected chi connectivity index (χ1v) is 34.5. The van der Waals surface area contributed by atoms with Gasteiger partial charge in [-0.2, -0.15) is 0 Å². The SMILES string of the molecule is c1ccc2c(c1)c1ccccc1c1nc3c(nc21)c1c2cc(-n4c5ccccc5c5ccccc54)cc4c5cc(-n6c7ccccc7c7ccccc76)ccc5n(c42)c1c1c3c2cc(-n3c4ccccc4c4ccccc43)cc3c4cc(-n5c6ccccc6c6ccccc65)ccc4n1c32. The Bertz CT molecular complexity index is 7360. The summed E-state index contributed by atoms with van der Waals surface area (Å²) in [5.74, 6) is 0. The minimum Gasteiger partial charge on any atom is -0.309 e. The highest BCUT2D eigenvalue weighted by Gasteiger charge is 2.32. The third-order valence-corrected chi connectivity index (χ3v) is 22.7. The Morgan fingerprint density at radius 3 is 0.700 bits per heavy atom. The smallest absolute Gasteiger partial charge is 0.100 e. The molecule has 16 aromatic carbocycles. The van der Waals surface area contributed by atoms with E-state index in [0.717, 1.165) is 154 Å². The van der Waals surface area contributed by atoms with Crippen LogP contribution in [0.25, 0.3) is 230 Å². The molecule has 9 aromatic heterocycles. The molecule has 0 saturated carbocycles. The predicted octanol–water partition coefficient (Wildman–Crippen LogP) is 23.8. The number of benzene rings is 16. The van der Waals surface area contributed by atoms with Gasteiger partial charge in [0.15, 0.2) is 0 Å². The Balaban J connectivity index is 0.929. The van der Waals surface area contributed by atoms with Gasteiger partial charge in [0.05, 0.1) is 88.3 Å². The van der Waals surface area contributed by atoms with E-state index >= 15 is 0 Å². The summed E-state index contributed by atoms with van der Waals surface area (Å²) in [6, 6.07) is 113. The molecule has 0 radical (unpaired) electrons. The van der Waals surface area contributed by atoms with Crippen molar-refractivity contribution < 1.29 is 0 Å². The zero-order valence-electron chi connectivity index (χ0n) is 53.4. The van der Waals surface area contributed by atoms with Crippen molar-refractivity contribution in [2.45, 2.75) is 0 Å². The summed E-state index contributed by atoms with van der Waals surface area (Å²) in [7, 11) is 0. The molecular weight excluding hydrogens is 1220 g/mol. The van der Waals surface area contributed by atoms with Gasteiger partial charge >= 0.3 is 0 Å². The van der Waals surface area contributed by atoms with E-state index in [0.29, 0.717) is 0 Å². The Hall–Kier alpha value is -13.6. The maximum absolute atomic E-state index is 6.25. The molecule has 0 atom stereocenters. The lowest BCUT2D eigenvalue weighted by Crippen LogP contribution is -1.96. The molecule has 0 aliphatic carbocycles. The third kappa shape index (κ3) is 6.26. The Labute approximate surface area is 566 Å². The third-order valence-electron chi connectivity index (χ3n) is 22.7. The minimum absolute atomic E-state index is 0.875. The van der Waals surface area contributed by atoms with Gasteiger partial charge in [0.25, 0.3) is 0 Å². The first kappa shape index (κ1) is 51.7. The monoisotopic (exact) mass is 1270 g/mol. The topological polar surface area (TPSA) is 54.3 Å². The van der Waals surface area contributed by atoms with Crippen LogP contribution in [0, 0.1) is 0 Å². The predicted molar refractivity (Wildman–Crippen MR) is 419 cm³/mol. The standard InChI is InChI=1S/C92H50N8/c1-3-31-65-55(21-1)56-22-2-4-32-66(56)86-85(65)93-87-83-71-49-53(97-77-37-17-9-27-61(77)62-28-10-18-38-78(62)97)47-69-67-45-51(95-73-33-13-5-23-57(73)58-24-6-14-34-74(58)95)41-43-81(67)99(89(69)71)91(83)92-84(88(87)94-86)72-50-54(98-79-39-19-11-29-63(79)64-30-12-20-40-80(64)98)48-70-68-46-52(42-44-82(68)100(92)90(70)72)96-75-35-15-7-25-59(75)60-26-8-16-36-76(60)96/h1-50H. The maximum atomic E-state index is 6.25. The van der Waals surface area contributed by atoms with Crippen LogP contribution in [0.15, 0.2) is 303 Å². The van der Waals surface area contributed by atoms with E-state index < -0.39 is 0 Å². The van der Waals surface area contributed by atoms with Gasteiger partial charge in [-0.3, -0.25) is 0 Å². The van der Waals surface area contributed by atoms with Crippen molar-refractivity contribution in [1.29, 1.82) is 0 Å². The second-order valence-corrected chi connectivity index (χ2v) is 27.5. The fraction of sp³-hybridized carbons (Fsp3) is 0. The summed E-state index contributed by atoms with van der Waals surface area (Å²) < 4.78 is 15.2. The van der Waals surface area contributed by atoms with Crippen LogP contribution in [0.3, 0.4) is 0 Å². The van der Waals surface area contributed by atoms with Crippen molar-refractivity contribution >= 4 is 207 Å². The zero-order chi connectivity index (χ0) is 64.5. The van der Waals surface area contributed by atoms with E-state index in [1.807, 2.05) is 0 Å². The number of fused-ring (bicyclic) bond motifs is 34. The highest BCUT2D eigenvalue weighted by molar-refractivity contribution is 6.41. The van der Waals surface area contributed by atoms with Crippen molar-refractivity contribution in [3.05, 3.63) is 303 Å². The quantitative estimate of drug-likeness (QED) is 0.130. The number of nitrogens with zero attached hydrogens (tertiary/aromatic N) is 8. The van der Waals surface area contributed by atoms with E-state index in [4.69, 9.17) is 9.97 Å². The minimum atomic E-state index is 0.875. The summed E-state index contributed by atoms with van der Waals surface area (Å²) >= 11 is 0. The van der Waals surface area contributed by atoms with Gasteiger partial charge < -0.3 is 27.1 Å². The molecule has 0 unspecified atom stereocenters. The van der Waals surface area contributed by atoms with Crippen LogP contribution in [-0.2, 0) is 0 Å². The van der Waals surface area contributed by atoms with Crippen molar-refractivity contribution in [1.82, 2.24) is 37.0 Å². The molecule has 0 bridgehead atoms. The molecule has 100 heavy (non-hydrogen) atoms. The van der Waals surface area contributed by atoms with Gasteiger partial charge in [0, 0.05) is 120 Å². The van der Waals surface area contributed by atoms with Crippen LogP contribution in [-0.4, -0.2) is 37.0 Å². The fourth-order valence-electron chi connectivity index (χ4n) is 18.8. The Morgan fingerprint density at radius 2 is 0.400 bits per heavy atom. The summed E-state index contributed by atoms with van der Waals surface area (Å²) in [6.07, 6.45) is 0. The molecule has 0 fully saturated rings. The van der Waals surface area contributed by atoms with E-state index in [2.05, 4.69) is 330 Å². The van der Waals surface area contributed by atoms with E-state index in [1.54, 1.807) is 0 Å². The highest BCUT2D eigenvalue weighted by Crippen LogP contribution is 2.53. The number of rotatable bonds is 4. The summed E-state index contributed by atoms with van der Waals surface area (Å²) in [4.78, 5) is 12.5. The van der Waals surface area contributed by atoms with Gasteiger partial charge in [-0.05, 0) is 120 Å². The van der Waals surface area contributed by atoms with E-state index in [1.165, 1.54) is 75.9 Å². The Morgan fingerprint density at radius 1 is 0.160 bits per heavy atom. The molecule has 0 amide bonds. The average Bonchev–Trinajstić information content (AvgIpc) is 1.48. The molecule has 0 saturated heterocycles. The molecular formula is C92H50N8. The van der Waals surface area contributed by atoms with Crippen molar-refractivity contribution in [3.8, 4) is 22.7 Å². The Kier molecular flexibility index (Phi) is 9.47. The first-order valence-electron chi connectivity index (χ1n) is 34.5. The van der Waals surface area contributed by atoms with Gasteiger partial charge in [-0.15, -0.1) is 0 Å². The molecule has 9 heterocycles. The second-order valence-electron chi connectivity index (χ2n) is 27.5. The molecule has 0 aliphatic heterocycles. The van der Waals surface area contributed by atoms with Crippen LogP contribution in [0.5, 0.6) is 0 Å². The van der Waals surface area contributed by atoms with Crippen molar-refractivity contribution in [2.75, 3.05) is 0 Å². The number of hydrogen-bond donors (Lipinski definition) is 0. The lowest BCUT2D eigenvalue weighted by molar-refractivity contribution is 1.18.